The number of carbonyl (C=O) groups excluding carboxylic acids is 2. The molecule has 230 valence electrons. The van der Waals surface area contributed by atoms with E-state index in [0.29, 0.717) is 79.4 Å². The molecule has 0 aliphatic carbocycles. The monoisotopic (exact) mass is 590 g/mol. The number of hydrogen-bond donors (Lipinski definition) is 1. The summed E-state index contributed by atoms with van der Waals surface area (Å²) >= 11 is 0. The fraction of sp³-hybridized carbons (Fsp3) is 0.485. The third-order valence-electron chi connectivity index (χ3n) is 7.98. The van der Waals surface area contributed by atoms with E-state index in [9.17, 15) is 14.7 Å². The van der Waals surface area contributed by atoms with Crippen molar-refractivity contribution in [3.63, 3.8) is 0 Å². The summed E-state index contributed by atoms with van der Waals surface area (Å²) in [6, 6.07) is 10.2. The molecule has 0 radical (unpaired) electrons. The highest BCUT2D eigenvalue weighted by molar-refractivity contribution is 6.46. The van der Waals surface area contributed by atoms with E-state index in [1.54, 1.807) is 22.4 Å². The van der Waals surface area contributed by atoms with Crippen LogP contribution in [0.25, 0.3) is 11.4 Å². The first-order valence-electron chi connectivity index (χ1n) is 15.2. The van der Waals surface area contributed by atoms with E-state index in [4.69, 9.17) is 14.2 Å². The van der Waals surface area contributed by atoms with Crippen LogP contribution in [0.3, 0.4) is 0 Å². The Morgan fingerprint density at radius 2 is 1.88 bits per heavy atom. The van der Waals surface area contributed by atoms with E-state index < -0.39 is 17.7 Å². The number of amides is 1. The number of imidazole rings is 1. The number of ketones is 1. The number of aliphatic hydroxyl groups is 1. The van der Waals surface area contributed by atoms with Gasteiger partial charge in [0.1, 0.15) is 11.3 Å². The molecule has 1 aromatic carbocycles. The molecule has 0 spiro atoms. The average molecular weight is 591 g/mol. The summed E-state index contributed by atoms with van der Waals surface area (Å²) in [6.07, 6.45) is 3.36. The van der Waals surface area contributed by atoms with Crippen molar-refractivity contribution in [2.24, 2.45) is 5.92 Å². The quantitative estimate of drug-likeness (QED) is 0.185. The van der Waals surface area contributed by atoms with Gasteiger partial charge in [-0.05, 0) is 62.4 Å². The van der Waals surface area contributed by atoms with Crippen LogP contribution in [-0.4, -0.2) is 88.6 Å². The van der Waals surface area contributed by atoms with Gasteiger partial charge in [-0.2, -0.15) is 0 Å². The maximum atomic E-state index is 13.7. The van der Waals surface area contributed by atoms with Crippen molar-refractivity contribution in [2.45, 2.75) is 46.6 Å². The number of pyridine rings is 1. The summed E-state index contributed by atoms with van der Waals surface area (Å²) < 4.78 is 19.2. The molecule has 1 amide bonds. The van der Waals surface area contributed by atoms with Crippen LogP contribution in [0.1, 0.15) is 56.6 Å². The Kier molecular flexibility index (Phi) is 9.67. The number of rotatable bonds is 12. The topological polar surface area (TPSA) is 106 Å². The molecule has 1 atom stereocenters. The van der Waals surface area contributed by atoms with Crippen molar-refractivity contribution in [3.8, 4) is 11.5 Å². The van der Waals surface area contributed by atoms with E-state index >= 15 is 0 Å². The number of morpholine rings is 1. The van der Waals surface area contributed by atoms with Gasteiger partial charge in [-0.1, -0.05) is 26.0 Å². The van der Waals surface area contributed by atoms with E-state index in [1.807, 2.05) is 43.3 Å². The van der Waals surface area contributed by atoms with Crippen LogP contribution >= 0.6 is 0 Å². The Morgan fingerprint density at radius 1 is 1.09 bits per heavy atom. The maximum absolute atomic E-state index is 13.7. The second-order valence-electron chi connectivity index (χ2n) is 11.4. The SMILES string of the molecule is CCOc1cc(C2/C(=C(\O)c3c(C)nc4ccccn34)C(=O)C(=O)N2CCCN2CCOCC2)ccc1OCCC(C)C. The van der Waals surface area contributed by atoms with Crippen LogP contribution in [0, 0.1) is 12.8 Å². The Morgan fingerprint density at radius 3 is 2.63 bits per heavy atom. The summed E-state index contributed by atoms with van der Waals surface area (Å²) in [5.41, 5.74) is 2.30. The highest BCUT2D eigenvalue weighted by Gasteiger charge is 2.46. The van der Waals surface area contributed by atoms with Gasteiger partial charge < -0.3 is 24.2 Å². The number of ether oxygens (including phenoxy) is 3. The van der Waals surface area contributed by atoms with Crippen molar-refractivity contribution in [3.05, 3.63) is 65.1 Å². The fourth-order valence-corrected chi connectivity index (χ4v) is 5.76. The summed E-state index contributed by atoms with van der Waals surface area (Å²) in [5.74, 6) is 0.0481. The molecular weight excluding hydrogens is 548 g/mol. The van der Waals surface area contributed by atoms with Gasteiger partial charge in [-0.3, -0.25) is 18.9 Å². The van der Waals surface area contributed by atoms with Gasteiger partial charge in [-0.25, -0.2) is 4.98 Å². The molecule has 2 aromatic heterocycles. The standard InChI is InChI=1S/C33H42N4O6/c1-5-42-26-21-24(10-11-25(26)43-18-12-22(2)3)30-28(31(38)29-23(4)34-27-9-6-7-14-36(27)29)32(39)33(40)37(30)15-8-13-35-16-19-41-20-17-35/h6-7,9-11,14,21-22,30,38H,5,8,12-13,15-20H2,1-4H3/b31-28+. The van der Waals surface area contributed by atoms with Crippen LogP contribution in [0.5, 0.6) is 11.5 Å². The first-order valence-corrected chi connectivity index (χ1v) is 15.2. The van der Waals surface area contributed by atoms with Gasteiger partial charge in [0.05, 0.1) is 43.7 Å². The smallest absolute Gasteiger partial charge is 0.295 e. The predicted octanol–water partition coefficient (Wildman–Crippen LogP) is 4.61. The van der Waals surface area contributed by atoms with Gasteiger partial charge in [-0.15, -0.1) is 0 Å². The summed E-state index contributed by atoms with van der Waals surface area (Å²) in [4.78, 5) is 35.8. The van der Waals surface area contributed by atoms with Gasteiger partial charge in [0.15, 0.2) is 17.3 Å². The lowest BCUT2D eigenvalue weighted by atomic mass is 9.95. The molecular formula is C33H42N4O6. The zero-order valence-corrected chi connectivity index (χ0v) is 25.5. The number of fused-ring (bicyclic) bond motifs is 1. The number of Topliss-reactive ketones (excluding diaryl/α,β-unsaturated/α-hetero) is 1. The molecule has 1 N–H and O–H groups in total. The van der Waals surface area contributed by atoms with E-state index in [0.717, 1.165) is 26.1 Å². The van der Waals surface area contributed by atoms with Gasteiger partial charge in [0, 0.05) is 32.4 Å². The molecule has 2 saturated heterocycles. The van der Waals surface area contributed by atoms with E-state index in [-0.39, 0.29) is 11.3 Å². The second-order valence-corrected chi connectivity index (χ2v) is 11.4. The van der Waals surface area contributed by atoms with Crippen LogP contribution in [0.4, 0.5) is 0 Å². The molecule has 5 rings (SSSR count). The number of carbonyl (C=O) groups is 2. The first-order chi connectivity index (χ1) is 20.8. The Bertz CT molecular complexity index is 1490. The highest BCUT2D eigenvalue weighted by Crippen LogP contribution is 2.42. The molecule has 2 fully saturated rings. The Hall–Kier alpha value is -3.89. The van der Waals surface area contributed by atoms with E-state index in [1.165, 1.54) is 0 Å². The first kappa shape index (κ1) is 30.6. The average Bonchev–Trinajstić information content (AvgIpc) is 3.46. The van der Waals surface area contributed by atoms with Crippen LogP contribution in [0.2, 0.25) is 0 Å². The van der Waals surface area contributed by atoms with Crippen molar-refractivity contribution >= 4 is 23.1 Å². The van der Waals surface area contributed by atoms with Crippen LogP contribution in [0.15, 0.2) is 48.2 Å². The summed E-state index contributed by atoms with van der Waals surface area (Å²) in [7, 11) is 0. The van der Waals surface area contributed by atoms with Crippen molar-refractivity contribution in [1.29, 1.82) is 0 Å². The number of hydrogen-bond acceptors (Lipinski definition) is 8. The number of nitrogens with zero attached hydrogens (tertiary/aromatic N) is 4. The zero-order valence-electron chi connectivity index (χ0n) is 25.5. The molecule has 0 bridgehead atoms. The van der Waals surface area contributed by atoms with Crippen molar-refractivity contribution in [2.75, 3.05) is 52.6 Å². The molecule has 1 unspecified atom stereocenters. The molecule has 10 nitrogen and oxygen atoms in total. The van der Waals surface area contributed by atoms with Crippen molar-refractivity contribution < 1.29 is 28.9 Å². The number of aliphatic hydroxyl groups excluding tert-OH is 1. The molecule has 10 heteroatoms. The lowest BCUT2D eigenvalue weighted by Gasteiger charge is -2.29. The largest absolute Gasteiger partial charge is 0.505 e. The molecule has 0 saturated carbocycles. The minimum atomic E-state index is -0.803. The number of aryl methyl sites for hydroxylation is 1. The van der Waals surface area contributed by atoms with Gasteiger partial charge >= 0.3 is 0 Å². The molecule has 3 aromatic rings. The third kappa shape index (κ3) is 6.55. The molecule has 2 aliphatic rings. The van der Waals surface area contributed by atoms with Crippen LogP contribution in [-0.2, 0) is 14.3 Å². The number of likely N-dealkylation sites (tertiary alicyclic amines) is 1. The molecule has 43 heavy (non-hydrogen) atoms. The molecule has 4 heterocycles. The lowest BCUT2D eigenvalue weighted by Crippen LogP contribution is -2.39. The van der Waals surface area contributed by atoms with E-state index in [2.05, 4.69) is 23.7 Å². The second kappa shape index (κ2) is 13.6. The Balaban J connectivity index is 1.55. The minimum Gasteiger partial charge on any atom is -0.505 e. The maximum Gasteiger partial charge on any atom is 0.295 e. The minimum absolute atomic E-state index is 0.0426. The van der Waals surface area contributed by atoms with Crippen molar-refractivity contribution in [1.82, 2.24) is 19.2 Å². The van der Waals surface area contributed by atoms with Gasteiger partial charge in [0.2, 0.25) is 0 Å². The normalized spacial score (nSPS) is 19.1. The van der Waals surface area contributed by atoms with Crippen LogP contribution < -0.4 is 9.47 Å². The fourth-order valence-electron chi connectivity index (χ4n) is 5.76. The summed E-state index contributed by atoms with van der Waals surface area (Å²) in [5, 5.41) is 11.8. The Labute approximate surface area is 252 Å². The summed E-state index contributed by atoms with van der Waals surface area (Å²) in [6.45, 7) is 13.1. The lowest BCUT2D eigenvalue weighted by molar-refractivity contribution is -0.140. The third-order valence-corrected chi connectivity index (χ3v) is 7.98. The number of aromatic nitrogens is 2. The van der Waals surface area contributed by atoms with Gasteiger partial charge in [0.25, 0.3) is 11.7 Å². The number of benzene rings is 1. The highest BCUT2D eigenvalue weighted by atomic mass is 16.5. The molecule has 2 aliphatic heterocycles. The zero-order chi connectivity index (χ0) is 30.5. The predicted molar refractivity (Wildman–Crippen MR) is 163 cm³/mol.